The average Bonchev–Trinajstić information content (AvgIpc) is 3.26. The average molecular weight is 423 g/mol. The van der Waals surface area contributed by atoms with Crippen LogP contribution in [0.25, 0.3) is 15.5 Å². The van der Waals surface area contributed by atoms with Crippen LogP contribution in [0.5, 0.6) is 17.2 Å². The zero-order valence-electron chi connectivity index (χ0n) is 16.7. The summed E-state index contributed by atoms with van der Waals surface area (Å²) in [4.78, 5) is 0.784. The number of hydrogen-bond donors (Lipinski definition) is 0. The molecule has 0 bridgehead atoms. The highest BCUT2D eigenvalue weighted by Gasteiger charge is 2.19. The van der Waals surface area contributed by atoms with Gasteiger partial charge in [0.1, 0.15) is 5.01 Å². The van der Waals surface area contributed by atoms with Crippen molar-refractivity contribution in [2.75, 3.05) is 25.6 Å². The third-order valence-electron chi connectivity index (χ3n) is 3.79. The molecule has 0 aliphatic carbocycles. The first kappa shape index (κ1) is 20.7. The number of benzene rings is 1. The topological polar surface area (TPSA) is 70.8 Å². The van der Waals surface area contributed by atoms with Crippen LogP contribution < -0.4 is 14.2 Å². The van der Waals surface area contributed by atoms with E-state index >= 15 is 0 Å². The van der Waals surface area contributed by atoms with Crippen LogP contribution in [0, 0.1) is 0 Å². The fourth-order valence-corrected chi connectivity index (χ4v) is 4.33. The fourth-order valence-electron chi connectivity index (χ4n) is 2.68. The van der Waals surface area contributed by atoms with Crippen molar-refractivity contribution in [1.82, 2.24) is 19.8 Å². The van der Waals surface area contributed by atoms with E-state index in [4.69, 9.17) is 19.3 Å². The largest absolute Gasteiger partial charge is 0.490 e. The Labute approximate surface area is 173 Å². The molecule has 0 fully saturated rings. The van der Waals surface area contributed by atoms with Crippen LogP contribution in [0.2, 0.25) is 0 Å². The highest BCUT2D eigenvalue weighted by atomic mass is 32.2. The van der Waals surface area contributed by atoms with E-state index in [2.05, 4.69) is 17.1 Å². The highest BCUT2D eigenvalue weighted by Crippen LogP contribution is 2.42. The molecule has 2 heterocycles. The van der Waals surface area contributed by atoms with Crippen molar-refractivity contribution in [3.05, 3.63) is 18.0 Å². The molecule has 28 heavy (non-hydrogen) atoms. The van der Waals surface area contributed by atoms with E-state index in [9.17, 15) is 0 Å². The summed E-state index contributed by atoms with van der Waals surface area (Å²) in [5.41, 5.74) is 0.915. The molecule has 0 aliphatic heterocycles. The minimum Gasteiger partial charge on any atom is -0.490 e. The molecule has 0 amide bonds. The number of aromatic nitrogens is 4. The maximum atomic E-state index is 5.82. The minimum atomic E-state index is 0.537. The van der Waals surface area contributed by atoms with Crippen molar-refractivity contribution < 1.29 is 14.2 Å². The Morgan fingerprint density at radius 3 is 2.25 bits per heavy atom. The van der Waals surface area contributed by atoms with Gasteiger partial charge in [-0.2, -0.15) is 21.4 Å². The Morgan fingerprint density at radius 1 is 0.964 bits per heavy atom. The van der Waals surface area contributed by atoms with Crippen LogP contribution in [0.15, 0.2) is 12.1 Å². The van der Waals surface area contributed by atoms with E-state index in [-0.39, 0.29) is 0 Å². The Kier molecular flexibility index (Phi) is 7.38. The van der Waals surface area contributed by atoms with Crippen LogP contribution in [-0.4, -0.2) is 45.4 Å². The second-order valence-corrected chi connectivity index (χ2v) is 7.93. The van der Waals surface area contributed by atoms with Crippen molar-refractivity contribution in [2.45, 2.75) is 39.9 Å². The van der Waals surface area contributed by atoms with E-state index in [1.165, 1.54) is 11.3 Å². The van der Waals surface area contributed by atoms with Gasteiger partial charge in [0.2, 0.25) is 10.7 Å². The Balaban J connectivity index is 1.99. The van der Waals surface area contributed by atoms with E-state index in [0.717, 1.165) is 39.3 Å². The van der Waals surface area contributed by atoms with Crippen molar-refractivity contribution >= 4 is 28.1 Å². The Bertz CT molecular complexity index is 883. The lowest BCUT2D eigenvalue weighted by Crippen LogP contribution is -2.03. The zero-order valence-corrected chi connectivity index (χ0v) is 18.4. The first-order chi connectivity index (χ1) is 13.7. The maximum absolute atomic E-state index is 5.82. The second-order valence-electron chi connectivity index (χ2n) is 5.87. The summed E-state index contributed by atoms with van der Waals surface area (Å²) in [5, 5.41) is 14.1. The van der Waals surface area contributed by atoms with Crippen molar-refractivity contribution in [3.63, 3.8) is 0 Å². The summed E-state index contributed by atoms with van der Waals surface area (Å²) in [6.45, 7) is 9.64. The van der Waals surface area contributed by atoms with Gasteiger partial charge in [-0.3, -0.25) is 0 Å². The van der Waals surface area contributed by atoms with Gasteiger partial charge < -0.3 is 14.2 Å². The summed E-state index contributed by atoms with van der Waals surface area (Å²) in [5.74, 6) is 4.73. The van der Waals surface area contributed by atoms with Crippen molar-refractivity contribution in [1.29, 1.82) is 0 Å². The minimum absolute atomic E-state index is 0.537. The first-order valence-corrected chi connectivity index (χ1v) is 11.5. The summed E-state index contributed by atoms with van der Waals surface area (Å²) < 4.78 is 19.3. The predicted octanol–water partition coefficient (Wildman–Crippen LogP) is 4.69. The molecule has 152 valence electrons. The number of hydrogen-bond acceptors (Lipinski definition) is 8. The number of nitrogens with zero attached hydrogens (tertiary/aromatic N) is 4. The molecule has 0 N–H and O–H groups in total. The maximum Gasteiger partial charge on any atom is 0.235 e. The van der Waals surface area contributed by atoms with Gasteiger partial charge in [-0.1, -0.05) is 18.3 Å². The lowest BCUT2D eigenvalue weighted by molar-refractivity contribution is 0.261. The molecule has 7 nitrogen and oxygen atoms in total. The normalized spacial score (nSPS) is 11.1. The SMILES string of the molecule is CCCSCc1nnc2sc(-c3cc(OCC)c(OCC)c(OCC)c3)nn12. The van der Waals surface area contributed by atoms with E-state index in [0.29, 0.717) is 37.1 Å². The van der Waals surface area contributed by atoms with Crippen LogP contribution in [0.4, 0.5) is 0 Å². The van der Waals surface area contributed by atoms with E-state index in [1.807, 2.05) is 49.2 Å². The molecule has 0 atom stereocenters. The van der Waals surface area contributed by atoms with Crippen molar-refractivity contribution in [2.24, 2.45) is 0 Å². The van der Waals surface area contributed by atoms with Gasteiger partial charge in [0.25, 0.3) is 0 Å². The van der Waals surface area contributed by atoms with E-state index in [1.54, 1.807) is 0 Å². The molecule has 3 rings (SSSR count). The lowest BCUT2D eigenvalue weighted by atomic mass is 10.2. The van der Waals surface area contributed by atoms with Crippen LogP contribution >= 0.6 is 23.1 Å². The molecule has 0 spiro atoms. The molecule has 0 aliphatic rings. The zero-order chi connectivity index (χ0) is 19.9. The number of fused-ring (bicyclic) bond motifs is 1. The molecule has 9 heteroatoms. The van der Waals surface area contributed by atoms with Gasteiger partial charge >= 0.3 is 0 Å². The third kappa shape index (κ3) is 4.52. The first-order valence-electron chi connectivity index (χ1n) is 9.57. The summed E-state index contributed by atoms with van der Waals surface area (Å²) in [7, 11) is 0. The molecule has 1 aromatic carbocycles. The molecule has 0 saturated carbocycles. The number of thioether (sulfide) groups is 1. The molecular weight excluding hydrogens is 396 g/mol. The second kappa shape index (κ2) is 9.97. The molecule has 0 saturated heterocycles. The standard InChI is InChI=1S/C19H26N4O3S2/c1-5-9-27-12-16-20-21-19-23(16)22-18(28-19)13-10-14(24-6-2)17(26-8-4)15(11-13)25-7-3/h10-11H,5-9,12H2,1-4H3. The van der Waals surface area contributed by atoms with Crippen LogP contribution in [-0.2, 0) is 5.75 Å². The molecule has 3 aromatic rings. The molecule has 2 aromatic heterocycles. The Morgan fingerprint density at radius 2 is 1.64 bits per heavy atom. The number of ether oxygens (including phenoxy) is 3. The smallest absolute Gasteiger partial charge is 0.235 e. The highest BCUT2D eigenvalue weighted by molar-refractivity contribution is 7.98. The van der Waals surface area contributed by atoms with Crippen molar-refractivity contribution in [3.8, 4) is 27.8 Å². The molecular formula is C19H26N4O3S2. The summed E-state index contributed by atoms with van der Waals surface area (Å²) in [6, 6.07) is 3.91. The molecule has 0 unspecified atom stereocenters. The van der Waals surface area contributed by atoms with Crippen LogP contribution in [0.3, 0.4) is 0 Å². The van der Waals surface area contributed by atoms with Gasteiger partial charge in [0.05, 0.1) is 25.6 Å². The molecule has 0 radical (unpaired) electrons. The van der Waals surface area contributed by atoms with Crippen LogP contribution in [0.1, 0.15) is 39.9 Å². The van der Waals surface area contributed by atoms with E-state index < -0.39 is 0 Å². The van der Waals surface area contributed by atoms with Gasteiger partial charge in [-0.25, -0.2) is 0 Å². The monoisotopic (exact) mass is 422 g/mol. The summed E-state index contributed by atoms with van der Waals surface area (Å²) in [6.07, 6.45) is 1.14. The third-order valence-corrected chi connectivity index (χ3v) is 5.90. The Hall–Kier alpha value is -2.00. The summed E-state index contributed by atoms with van der Waals surface area (Å²) >= 11 is 3.34. The number of rotatable bonds is 11. The lowest BCUT2D eigenvalue weighted by Gasteiger charge is -2.16. The fraction of sp³-hybridized carbons (Fsp3) is 0.526. The predicted molar refractivity (Wildman–Crippen MR) is 114 cm³/mol. The quantitative estimate of drug-likeness (QED) is 0.415. The van der Waals surface area contributed by atoms with Gasteiger partial charge in [0.15, 0.2) is 17.3 Å². The van der Waals surface area contributed by atoms with Gasteiger partial charge in [0, 0.05) is 5.56 Å². The van der Waals surface area contributed by atoms with Gasteiger partial charge in [-0.05, 0) is 45.1 Å². The van der Waals surface area contributed by atoms with Gasteiger partial charge in [-0.15, -0.1) is 10.2 Å².